The second-order valence-electron chi connectivity index (χ2n) is 8.16. The Bertz CT molecular complexity index is 564. The van der Waals surface area contributed by atoms with Gasteiger partial charge in [-0.15, -0.1) is 0 Å². The van der Waals surface area contributed by atoms with Gasteiger partial charge in [-0.2, -0.15) is 0 Å². The first kappa shape index (κ1) is 19.1. The van der Waals surface area contributed by atoms with Crippen molar-refractivity contribution in [2.75, 3.05) is 26.0 Å². The van der Waals surface area contributed by atoms with Gasteiger partial charge in [-0.1, -0.05) is 19.3 Å². The van der Waals surface area contributed by atoms with Gasteiger partial charge in [-0.25, -0.2) is 12.7 Å². The lowest BCUT2D eigenvalue weighted by Crippen LogP contribution is -2.51. The third kappa shape index (κ3) is 5.17. The standard InChI is InChI=1S/C18H32N2O4S/c1-25(22,23)20-10-8-18(9-11-20)14-15(7-12-24-18)13-17(21)19-16-5-3-2-4-6-16/h15-16H,2-14H2,1H3,(H,19,21). The molecule has 25 heavy (non-hydrogen) atoms. The molecule has 1 aliphatic carbocycles. The lowest BCUT2D eigenvalue weighted by Gasteiger charge is -2.45. The first-order valence-electron chi connectivity index (χ1n) is 9.75. The Kier molecular flexibility index (Phi) is 6.06. The van der Waals surface area contributed by atoms with Crippen molar-refractivity contribution in [3.8, 4) is 0 Å². The Morgan fingerprint density at radius 3 is 2.48 bits per heavy atom. The fourth-order valence-electron chi connectivity index (χ4n) is 4.67. The van der Waals surface area contributed by atoms with Crippen LogP contribution in [0.25, 0.3) is 0 Å². The summed E-state index contributed by atoms with van der Waals surface area (Å²) in [5.41, 5.74) is -0.227. The number of nitrogens with one attached hydrogen (secondary N) is 1. The molecule has 6 nitrogen and oxygen atoms in total. The molecule has 7 heteroatoms. The molecule has 0 bridgehead atoms. The average Bonchev–Trinajstić information content (AvgIpc) is 2.55. The van der Waals surface area contributed by atoms with Crippen LogP contribution in [0.5, 0.6) is 0 Å². The second kappa shape index (κ2) is 7.92. The highest BCUT2D eigenvalue weighted by Gasteiger charge is 2.42. The van der Waals surface area contributed by atoms with Gasteiger partial charge in [0.05, 0.1) is 11.9 Å². The number of hydrogen-bond acceptors (Lipinski definition) is 4. The van der Waals surface area contributed by atoms with Gasteiger partial charge in [0.2, 0.25) is 15.9 Å². The van der Waals surface area contributed by atoms with Crippen LogP contribution in [0.15, 0.2) is 0 Å². The molecule has 0 radical (unpaired) electrons. The first-order chi connectivity index (χ1) is 11.9. The third-order valence-electron chi connectivity index (χ3n) is 6.14. The van der Waals surface area contributed by atoms with Crippen LogP contribution in [0.2, 0.25) is 0 Å². The number of nitrogens with zero attached hydrogens (tertiary/aromatic N) is 1. The van der Waals surface area contributed by atoms with E-state index in [2.05, 4.69) is 5.32 Å². The summed E-state index contributed by atoms with van der Waals surface area (Å²) in [6.45, 7) is 1.74. The number of hydrogen-bond donors (Lipinski definition) is 1. The highest BCUT2D eigenvalue weighted by molar-refractivity contribution is 7.88. The lowest BCUT2D eigenvalue weighted by atomic mass is 9.78. The first-order valence-corrected chi connectivity index (χ1v) is 11.6. The SMILES string of the molecule is CS(=O)(=O)N1CCC2(CC1)CC(CC(=O)NC1CCCCC1)CCO2. The molecule has 1 unspecified atom stereocenters. The van der Waals surface area contributed by atoms with Gasteiger partial charge < -0.3 is 10.1 Å². The van der Waals surface area contributed by atoms with E-state index in [9.17, 15) is 13.2 Å². The van der Waals surface area contributed by atoms with Crippen LogP contribution in [0, 0.1) is 5.92 Å². The predicted molar refractivity (Wildman–Crippen MR) is 96.7 cm³/mol. The van der Waals surface area contributed by atoms with Crippen molar-refractivity contribution in [1.82, 2.24) is 9.62 Å². The van der Waals surface area contributed by atoms with Crippen LogP contribution in [-0.2, 0) is 19.6 Å². The number of carbonyl (C=O) groups is 1. The Balaban J connectivity index is 1.49. The number of piperidine rings is 1. The minimum absolute atomic E-state index is 0.183. The number of ether oxygens (including phenoxy) is 1. The van der Waals surface area contributed by atoms with Crippen molar-refractivity contribution in [2.24, 2.45) is 5.92 Å². The van der Waals surface area contributed by atoms with Gasteiger partial charge >= 0.3 is 0 Å². The normalized spacial score (nSPS) is 28.8. The molecule has 2 saturated heterocycles. The minimum Gasteiger partial charge on any atom is -0.375 e. The van der Waals surface area contributed by atoms with Crippen LogP contribution >= 0.6 is 0 Å². The largest absolute Gasteiger partial charge is 0.375 e. The summed E-state index contributed by atoms with van der Waals surface area (Å²) in [5.74, 6) is 0.532. The van der Waals surface area contributed by atoms with Crippen LogP contribution < -0.4 is 5.32 Å². The maximum atomic E-state index is 12.4. The van der Waals surface area contributed by atoms with Gasteiger partial charge in [0.15, 0.2) is 0 Å². The second-order valence-corrected chi connectivity index (χ2v) is 10.1. The van der Waals surface area contributed by atoms with E-state index in [1.807, 2.05) is 0 Å². The summed E-state index contributed by atoms with van der Waals surface area (Å²) < 4.78 is 31.0. The van der Waals surface area contributed by atoms with Crippen LogP contribution in [0.4, 0.5) is 0 Å². The summed E-state index contributed by atoms with van der Waals surface area (Å²) in [4.78, 5) is 12.4. The Labute approximate surface area is 151 Å². The van der Waals surface area contributed by atoms with Gasteiger partial charge in [-0.05, 0) is 44.4 Å². The van der Waals surface area contributed by atoms with Crippen molar-refractivity contribution in [3.63, 3.8) is 0 Å². The van der Waals surface area contributed by atoms with E-state index < -0.39 is 10.0 Å². The van der Waals surface area contributed by atoms with Gasteiger partial charge in [-0.3, -0.25) is 4.79 Å². The minimum atomic E-state index is -3.12. The predicted octanol–water partition coefficient (Wildman–Crippen LogP) is 2.05. The molecule has 0 aromatic rings. The van der Waals surface area contributed by atoms with Crippen LogP contribution in [0.1, 0.15) is 64.2 Å². The number of amides is 1. The average molecular weight is 373 g/mol. The molecule has 1 spiro atoms. The van der Waals surface area contributed by atoms with E-state index >= 15 is 0 Å². The molecule has 3 rings (SSSR count). The van der Waals surface area contributed by atoms with E-state index in [1.165, 1.54) is 25.5 Å². The molecule has 1 atom stereocenters. The topological polar surface area (TPSA) is 75.7 Å². The zero-order valence-corrected chi connectivity index (χ0v) is 16.2. The zero-order valence-electron chi connectivity index (χ0n) is 15.3. The molecule has 1 N–H and O–H groups in total. The van der Waals surface area contributed by atoms with Crippen molar-refractivity contribution in [1.29, 1.82) is 0 Å². The Hall–Kier alpha value is -0.660. The number of carbonyl (C=O) groups excluding carboxylic acids is 1. The summed E-state index contributed by atoms with van der Waals surface area (Å²) in [6, 6.07) is 0.369. The van der Waals surface area contributed by atoms with E-state index in [0.29, 0.717) is 38.1 Å². The van der Waals surface area contributed by atoms with Crippen LogP contribution in [-0.4, -0.2) is 56.2 Å². The molecule has 1 saturated carbocycles. The Morgan fingerprint density at radius 2 is 1.84 bits per heavy atom. The van der Waals surface area contributed by atoms with Crippen molar-refractivity contribution in [2.45, 2.75) is 75.9 Å². The fraction of sp³-hybridized carbons (Fsp3) is 0.944. The molecule has 0 aromatic carbocycles. The number of sulfonamides is 1. The van der Waals surface area contributed by atoms with Crippen molar-refractivity contribution in [3.05, 3.63) is 0 Å². The Morgan fingerprint density at radius 1 is 1.16 bits per heavy atom. The molecule has 2 aliphatic heterocycles. The summed E-state index contributed by atoms with van der Waals surface area (Å²) in [7, 11) is -3.12. The maximum Gasteiger partial charge on any atom is 0.220 e. The fourth-order valence-corrected chi connectivity index (χ4v) is 5.52. The molecule has 2 heterocycles. The smallest absolute Gasteiger partial charge is 0.220 e. The van der Waals surface area contributed by atoms with Crippen molar-refractivity contribution >= 4 is 15.9 Å². The monoisotopic (exact) mass is 372 g/mol. The molecule has 3 fully saturated rings. The number of rotatable bonds is 4. The summed E-state index contributed by atoms with van der Waals surface area (Å²) >= 11 is 0. The summed E-state index contributed by atoms with van der Waals surface area (Å²) in [6.07, 6.45) is 11.1. The lowest BCUT2D eigenvalue weighted by molar-refractivity contribution is -0.133. The van der Waals surface area contributed by atoms with Gasteiger partial charge in [0, 0.05) is 32.2 Å². The van der Waals surface area contributed by atoms with E-state index in [1.54, 1.807) is 4.31 Å². The zero-order chi connectivity index (χ0) is 17.9. The third-order valence-corrected chi connectivity index (χ3v) is 7.45. The molecule has 0 aromatic heterocycles. The van der Waals surface area contributed by atoms with Gasteiger partial charge in [0.1, 0.15) is 0 Å². The quantitative estimate of drug-likeness (QED) is 0.819. The van der Waals surface area contributed by atoms with E-state index in [4.69, 9.17) is 4.74 Å². The van der Waals surface area contributed by atoms with E-state index in [-0.39, 0.29) is 11.5 Å². The molecule has 1 amide bonds. The highest BCUT2D eigenvalue weighted by Crippen LogP contribution is 2.39. The van der Waals surface area contributed by atoms with Gasteiger partial charge in [0.25, 0.3) is 0 Å². The highest BCUT2D eigenvalue weighted by atomic mass is 32.2. The molecular formula is C18H32N2O4S. The van der Waals surface area contributed by atoms with Crippen molar-refractivity contribution < 1.29 is 17.9 Å². The molecule has 3 aliphatic rings. The molecular weight excluding hydrogens is 340 g/mol. The summed E-state index contributed by atoms with van der Waals surface area (Å²) in [5, 5.41) is 3.22. The maximum absolute atomic E-state index is 12.4. The van der Waals surface area contributed by atoms with E-state index in [0.717, 1.165) is 38.5 Å². The molecule has 144 valence electrons. The van der Waals surface area contributed by atoms with Crippen LogP contribution in [0.3, 0.4) is 0 Å².